The average molecular weight is 261 g/mol. The van der Waals surface area contributed by atoms with E-state index in [9.17, 15) is 13.6 Å². The Morgan fingerprint density at radius 2 is 2.00 bits per heavy atom. The van der Waals surface area contributed by atoms with E-state index in [0.717, 1.165) is 0 Å². The minimum atomic E-state index is -2.75. The van der Waals surface area contributed by atoms with Crippen LogP contribution >= 0.6 is 0 Å². The molecule has 1 heterocycles. The van der Waals surface area contributed by atoms with E-state index < -0.39 is 18.4 Å². The highest BCUT2D eigenvalue weighted by molar-refractivity contribution is 5.64. The van der Waals surface area contributed by atoms with Gasteiger partial charge < -0.3 is 14.9 Å². The van der Waals surface area contributed by atoms with Crippen LogP contribution in [0.3, 0.4) is 0 Å². The Morgan fingerprint density at radius 3 is 2.50 bits per heavy atom. The molecule has 0 aliphatic heterocycles. The third-order valence-electron chi connectivity index (χ3n) is 2.95. The Morgan fingerprint density at radius 1 is 1.33 bits per heavy atom. The molecule has 0 unspecified atom stereocenters. The summed E-state index contributed by atoms with van der Waals surface area (Å²) in [6.45, 7) is 0. The number of alkyl halides is 2. The van der Waals surface area contributed by atoms with Crippen LogP contribution in [0, 0.1) is 0 Å². The first-order valence-corrected chi connectivity index (χ1v) is 5.63. The molecule has 1 amide bonds. The fourth-order valence-corrected chi connectivity index (χ4v) is 2.09. The van der Waals surface area contributed by atoms with E-state index in [-0.39, 0.29) is 17.9 Å². The molecule has 1 aliphatic carbocycles. The van der Waals surface area contributed by atoms with Crippen LogP contribution in [0.4, 0.5) is 13.6 Å². The van der Waals surface area contributed by atoms with E-state index in [2.05, 4.69) is 10.2 Å². The number of halogens is 2. The van der Waals surface area contributed by atoms with Crippen molar-refractivity contribution in [1.82, 2.24) is 10.2 Å². The lowest BCUT2D eigenvalue weighted by molar-refractivity contribution is 0.0748. The zero-order valence-corrected chi connectivity index (χ0v) is 9.51. The smallest absolute Gasteiger partial charge is 0.404 e. The first-order chi connectivity index (χ1) is 8.56. The molecule has 1 aliphatic rings. The third-order valence-corrected chi connectivity index (χ3v) is 2.95. The largest absolute Gasteiger partial charge is 0.446 e. The molecule has 1 saturated carbocycles. The third kappa shape index (κ3) is 2.93. The number of hydrogen-bond acceptors (Lipinski definition) is 5. The number of amides is 1. The fraction of sp³-hybridized carbons (Fsp3) is 0.700. The van der Waals surface area contributed by atoms with Crippen LogP contribution in [0.2, 0.25) is 0 Å². The molecule has 0 atom stereocenters. The van der Waals surface area contributed by atoms with Crippen molar-refractivity contribution in [2.75, 3.05) is 0 Å². The molecule has 8 heteroatoms. The first-order valence-electron chi connectivity index (χ1n) is 5.63. The van der Waals surface area contributed by atoms with Gasteiger partial charge in [-0.2, -0.15) is 8.78 Å². The Balaban J connectivity index is 1.90. The maximum atomic E-state index is 12.3. The Labute approximate surface area is 101 Å². The topological polar surface area (TPSA) is 91.2 Å². The summed E-state index contributed by atoms with van der Waals surface area (Å²) >= 11 is 0. The number of carbonyl (C=O) groups excluding carboxylic acids is 1. The molecule has 0 radical (unpaired) electrons. The van der Waals surface area contributed by atoms with Gasteiger partial charge in [0.05, 0.1) is 0 Å². The van der Waals surface area contributed by atoms with Gasteiger partial charge in [0.2, 0.25) is 5.89 Å². The molecule has 2 N–H and O–H groups in total. The van der Waals surface area contributed by atoms with E-state index in [4.69, 9.17) is 14.9 Å². The van der Waals surface area contributed by atoms with Crippen LogP contribution in [0.5, 0.6) is 0 Å². The second-order valence-corrected chi connectivity index (χ2v) is 4.19. The number of carbonyl (C=O) groups is 1. The highest BCUT2D eigenvalue weighted by Crippen LogP contribution is 2.34. The van der Waals surface area contributed by atoms with Crippen molar-refractivity contribution in [3.8, 4) is 0 Å². The van der Waals surface area contributed by atoms with Gasteiger partial charge in [-0.1, -0.05) is 0 Å². The van der Waals surface area contributed by atoms with E-state index in [1.165, 1.54) is 0 Å². The highest BCUT2D eigenvalue weighted by Gasteiger charge is 2.28. The molecule has 100 valence electrons. The molecule has 0 aromatic carbocycles. The van der Waals surface area contributed by atoms with Gasteiger partial charge in [0.25, 0.3) is 5.89 Å². The number of primary amides is 1. The summed E-state index contributed by atoms with van der Waals surface area (Å²) in [6.07, 6.45) is -1.25. The number of rotatable bonds is 3. The van der Waals surface area contributed by atoms with E-state index in [0.29, 0.717) is 25.7 Å². The first kappa shape index (κ1) is 12.7. The van der Waals surface area contributed by atoms with Gasteiger partial charge in [0, 0.05) is 5.92 Å². The van der Waals surface area contributed by atoms with Crippen molar-refractivity contribution in [3.05, 3.63) is 11.8 Å². The van der Waals surface area contributed by atoms with Gasteiger partial charge in [-0.25, -0.2) is 4.79 Å². The van der Waals surface area contributed by atoms with Gasteiger partial charge in [-0.15, -0.1) is 10.2 Å². The summed E-state index contributed by atoms with van der Waals surface area (Å²) in [6, 6.07) is 0. The summed E-state index contributed by atoms with van der Waals surface area (Å²) in [4.78, 5) is 10.6. The van der Waals surface area contributed by atoms with Gasteiger partial charge in [-0.3, -0.25) is 0 Å². The second kappa shape index (κ2) is 5.28. The van der Waals surface area contributed by atoms with Crippen LogP contribution < -0.4 is 5.73 Å². The predicted molar refractivity (Wildman–Crippen MR) is 54.9 cm³/mol. The average Bonchev–Trinajstić information content (AvgIpc) is 2.78. The number of nitrogens with zero attached hydrogens (tertiary/aromatic N) is 2. The predicted octanol–water partition coefficient (Wildman–Crippen LogP) is 2.13. The Kier molecular flexibility index (Phi) is 3.73. The van der Waals surface area contributed by atoms with Crippen LogP contribution in [0.1, 0.15) is 49.8 Å². The van der Waals surface area contributed by atoms with Crippen molar-refractivity contribution >= 4 is 6.09 Å². The summed E-state index contributed by atoms with van der Waals surface area (Å²) in [5.41, 5.74) is 4.92. The van der Waals surface area contributed by atoms with Crippen molar-refractivity contribution in [2.45, 2.75) is 44.1 Å². The summed E-state index contributed by atoms with van der Waals surface area (Å²) < 4.78 is 34.3. The standard InChI is InChI=1S/C10H13F2N3O3/c11-7(12)9-15-14-8(18-9)5-1-3-6(4-2-5)17-10(13)16/h5-7H,1-4H2,(H2,13,16). The SMILES string of the molecule is NC(=O)OC1CCC(c2nnc(C(F)F)o2)CC1. The normalized spacial score (nSPS) is 24.2. The van der Waals surface area contributed by atoms with Crippen molar-refractivity contribution in [3.63, 3.8) is 0 Å². The quantitative estimate of drug-likeness (QED) is 0.899. The van der Waals surface area contributed by atoms with Crippen LogP contribution in [0.25, 0.3) is 0 Å². The van der Waals surface area contributed by atoms with Gasteiger partial charge in [0.15, 0.2) is 0 Å². The molecule has 1 aromatic heterocycles. The molecule has 18 heavy (non-hydrogen) atoms. The molecule has 0 spiro atoms. The van der Waals surface area contributed by atoms with Crippen molar-refractivity contribution in [1.29, 1.82) is 0 Å². The Hall–Kier alpha value is -1.73. The van der Waals surface area contributed by atoms with Gasteiger partial charge >= 0.3 is 12.5 Å². The molecular weight excluding hydrogens is 248 g/mol. The number of ether oxygens (including phenoxy) is 1. The zero-order chi connectivity index (χ0) is 13.1. The molecule has 1 fully saturated rings. The molecule has 0 saturated heterocycles. The van der Waals surface area contributed by atoms with Crippen LogP contribution in [-0.4, -0.2) is 22.4 Å². The molecule has 2 rings (SSSR count). The van der Waals surface area contributed by atoms with E-state index >= 15 is 0 Å². The fourth-order valence-electron chi connectivity index (χ4n) is 2.09. The summed E-state index contributed by atoms with van der Waals surface area (Å²) in [5, 5.41) is 6.90. The molecule has 1 aromatic rings. The minimum absolute atomic E-state index is 0.0577. The zero-order valence-electron chi connectivity index (χ0n) is 9.51. The maximum Gasteiger partial charge on any atom is 0.404 e. The lowest BCUT2D eigenvalue weighted by Crippen LogP contribution is -2.26. The van der Waals surface area contributed by atoms with Crippen molar-refractivity contribution in [2.24, 2.45) is 5.73 Å². The monoisotopic (exact) mass is 261 g/mol. The summed E-state index contributed by atoms with van der Waals surface area (Å²) in [7, 11) is 0. The number of nitrogens with two attached hydrogens (primary N) is 1. The number of hydrogen-bond donors (Lipinski definition) is 1. The van der Waals surface area contributed by atoms with E-state index in [1.54, 1.807) is 0 Å². The molecule has 0 bridgehead atoms. The lowest BCUT2D eigenvalue weighted by Gasteiger charge is -2.25. The maximum absolute atomic E-state index is 12.3. The number of aromatic nitrogens is 2. The van der Waals surface area contributed by atoms with Gasteiger partial charge in [0.1, 0.15) is 6.10 Å². The van der Waals surface area contributed by atoms with Crippen LogP contribution in [0.15, 0.2) is 4.42 Å². The van der Waals surface area contributed by atoms with Crippen molar-refractivity contribution < 1.29 is 22.7 Å². The van der Waals surface area contributed by atoms with Gasteiger partial charge in [-0.05, 0) is 25.7 Å². The van der Waals surface area contributed by atoms with E-state index in [1.807, 2.05) is 0 Å². The highest BCUT2D eigenvalue weighted by atomic mass is 19.3. The lowest BCUT2D eigenvalue weighted by atomic mass is 9.87. The second-order valence-electron chi connectivity index (χ2n) is 4.19. The van der Waals surface area contributed by atoms with Crippen LogP contribution in [-0.2, 0) is 4.74 Å². The minimum Gasteiger partial charge on any atom is -0.446 e. The molecular formula is C10H13F2N3O3. The Bertz CT molecular complexity index is 416. The summed E-state index contributed by atoms with van der Waals surface area (Å²) in [5.74, 6) is -0.485. The molecule has 6 nitrogen and oxygen atoms in total.